The summed E-state index contributed by atoms with van der Waals surface area (Å²) in [7, 11) is 0. The Hall–Kier alpha value is -2.89. The van der Waals surface area contributed by atoms with Crippen LogP contribution in [-0.4, -0.2) is 23.5 Å². The largest absolute Gasteiger partial charge is 0.331 e. The van der Waals surface area contributed by atoms with Crippen LogP contribution in [0.2, 0.25) is 0 Å². The lowest BCUT2D eigenvalue weighted by molar-refractivity contribution is -0.115. The van der Waals surface area contributed by atoms with Gasteiger partial charge in [-0.15, -0.1) is 0 Å². The molecule has 1 aliphatic heterocycles. The monoisotopic (exact) mass is 380 g/mol. The standard InChI is InChI=1S/C20H22N4O2.C2H6/c1-2-16(15-9-7-14(8-10-15)13-5-6-13)23-20(26)24-12-18(25)22-17-4-3-11-21-19(17)24;1-2/h3-4,7-11,13,16H,2,5-6,12H2,1H3,(H,22,25)(H,23,26);1-2H3. The van der Waals surface area contributed by atoms with Crippen molar-refractivity contribution in [3.05, 3.63) is 53.7 Å². The van der Waals surface area contributed by atoms with Gasteiger partial charge >= 0.3 is 6.03 Å². The lowest BCUT2D eigenvalue weighted by Gasteiger charge is -2.29. The van der Waals surface area contributed by atoms with Crippen LogP contribution in [-0.2, 0) is 4.79 Å². The van der Waals surface area contributed by atoms with Crippen molar-refractivity contribution in [2.75, 3.05) is 16.8 Å². The van der Waals surface area contributed by atoms with Crippen molar-refractivity contribution in [3.63, 3.8) is 0 Å². The van der Waals surface area contributed by atoms with E-state index in [0.29, 0.717) is 17.4 Å². The smallest absolute Gasteiger partial charge is 0.324 e. The van der Waals surface area contributed by atoms with E-state index in [1.807, 2.05) is 20.8 Å². The van der Waals surface area contributed by atoms with Crippen molar-refractivity contribution in [2.24, 2.45) is 0 Å². The Balaban J connectivity index is 0.00000109. The van der Waals surface area contributed by atoms with E-state index >= 15 is 0 Å². The molecule has 2 N–H and O–H groups in total. The number of benzene rings is 1. The van der Waals surface area contributed by atoms with Gasteiger partial charge in [0.25, 0.3) is 0 Å². The van der Waals surface area contributed by atoms with Gasteiger partial charge in [0.05, 0.1) is 11.7 Å². The number of carbonyl (C=O) groups excluding carboxylic acids is 2. The average molecular weight is 380 g/mol. The highest BCUT2D eigenvalue weighted by atomic mass is 16.2. The topological polar surface area (TPSA) is 74.3 Å². The highest BCUT2D eigenvalue weighted by Gasteiger charge is 2.29. The van der Waals surface area contributed by atoms with Crippen LogP contribution in [0.3, 0.4) is 0 Å². The van der Waals surface area contributed by atoms with Crippen LogP contribution in [0.1, 0.15) is 63.1 Å². The van der Waals surface area contributed by atoms with E-state index in [-0.39, 0.29) is 24.5 Å². The molecule has 0 saturated heterocycles. The van der Waals surface area contributed by atoms with Crippen molar-refractivity contribution in [1.82, 2.24) is 10.3 Å². The molecule has 1 fully saturated rings. The summed E-state index contributed by atoms with van der Waals surface area (Å²) < 4.78 is 0. The number of nitrogens with one attached hydrogen (secondary N) is 2. The SMILES string of the molecule is CC.CCC(NC(=O)N1CC(=O)Nc2cccnc21)c1ccc(C2CC2)cc1. The molecule has 2 aromatic rings. The van der Waals surface area contributed by atoms with Crippen LogP contribution in [0, 0.1) is 0 Å². The van der Waals surface area contributed by atoms with E-state index in [9.17, 15) is 9.59 Å². The minimum atomic E-state index is -0.307. The van der Waals surface area contributed by atoms with E-state index in [2.05, 4.69) is 39.9 Å². The number of aromatic nitrogens is 1. The molecule has 3 amide bonds. The molecule has 1 aromatic carbocycles. The first kappa shape index (κ1) is 19.9. The molecule has 28 heavy (non-hydrogen) atoms. The number of urea groups is 1. The summed E-state index contributed by atoms with van der Waals surface area (Å²) >= 11 is 0. The third-order valence-corrected chi connectivity index (χ3v) is 4.96. The number of carbonyl (C=O) groups is 2. The Labute approximate surface area is 166 Å². The number of pyridine rings is 1. The van der Waals surface area contributed by atoms with E-state index < -0.39 is 0 Å². The Bertz CT molecular complexity index is 831. The molecule has 1 aliphatic carbocycles. The molecule has 1 aromatic heterocycles. The van der Waals surface area contributed by atoms with Crippen LogP contribution >= 0.6 is 0 Å². The number of rotatable bonds is 4. The van der Waals surface area contributed by atoms with Crippen molar-refractivity contribution >= 4 is 23.4 Å². The minimum absolute atomic E-state index is 0.0348. The van der Waals surface area contributed by atoms with Crippen molar-refractivity contribution < 1.29 is 9.59 Å². The van der Waals surface area contributed by atoms with Crippen molar-refractivity contribution in [3.8, 4) is 0 Å². The van der Waals surface area contributed by atoms with Gasteiger partial charge in [0, 0.05) is 6.20 Å². The van der Waals surface area contributed by atoms with Gasteiger partial charge in [-0.3, -0.25) is 9.69 Å². The third-order valence-electron chi connectivity index (χ3n) is 4.96. The maximum Gasteiger partial charge on any atom is 0.324 e. The Morgan fingerprint density at radius 2 is 1.96 bits per heavy atom. The summed E-state index contributed by atoms with van der Waals surface area (Å²) in [4.78, 5) is 30.4. The quantitative estimate of drug-likeness (QED) is 0.814. The van der Waals surface area contributed by atoms with Crippen LogP contribution in [0.4, 0.5) is 16.3 Å². The molecule has 0 radical (unpaired) electrons. The molecule has 148 valence electrons. The molecule has 1 saturated carbocycles. The van der Waals surface area contributed by atoms with Crippen LogP contribution in [0.25, 0.3) is 0 Å². The van der Waals surface area contributed by atoms with Gasteiger partial charge in [-0.05, 0) is 48.4 Å². The number of nitrogens with zero attached hydrogens (tertiary/aromatic N) is 2. The first-order valence-corrected chi connectivity index (χ1v) is 10.1. The summed E-state index contributed by atoms with van der Waals surface area (Å²) in [6, 6.07) is 11.6. The zero-order valence-electron chi connectivity index (χ0n) is 16.7. The molecule has 0 spiro atoms. The predicted molar refractivity (Wildman–Crippen MR) is 112 cm³/mol. The number of anilines is 2. The fraction of sp³-hybridized carbons (Fsp3) is 0.409. The molecular formula is C22H28N4O2. The fourth-order valence-electron chi connectivity index (χ4n) is 3.35. The summed E-state index contributed by atoms with van der Waals surface area (Å²) in [6.07, 6.45) is 4.93. The highest BCUT2D eigenvalue weighted by Crippen LogP contribution is 2.40. The summed E-state index contributed by atoms with van der Waals surface area (Å²) in [5, 5.41) is 5.79. The Kier molecular flexibility index (Phi) is 6.29. The molecule has 1 atom stereocenters. The zero-order chi connectivity index (χ0) is 20.1. The average Bonchev–Trinajstić information content (AvgIpc) is 3.58. The van der Waals surface area contributed by atoms with Gasteiger partial charge in [0.2, 0.25) is 5.91 Å². The Morgan fingerprint density at radius 3 is 2.61 bits per heavy atom. The zero-order valence-corrected chi connectivity index (χ0v) is 16.7. The van der Waals surface area contributed by atoms with Gasteiger partial charge in [0.1, 0.15) is 6.54 Å². The first-order chi connectivity index (χ1) is 13.7. The molecule has 0 bridgehead atoms. The second kappa shape index (κ2) is 8.87. The predicted octanol–water partition coefficient (Wildman–Crippen LogP) is 4.60. The molecule has 6 nitrogen and oxygen atoms in total. The van der Waals surface area contributed by atoms with Gasteiger partial charge in [0.15, 0.2) is 5.82 Å². The number of hydrogen-bond donors (Lipinski definition) is 2. The lowest BCUT2D eigenvalue weighted by Crippen LogP contribution is -2.48. The minimum Gasteiger partial charge on any atom is -0.331 e. The summed E-state index contributed by atoms with van der Waals surface area (Å²) in [6.45, 7) is 6.00. The van der Waals surface area contributed by atoms with Gasteiger partial charge in [-0.2, -0.15) is 0 Å². The first-order valence-electron chi connectivity index (χ1n) is 10.1. The number of fused-ring (bicyclic) bond motifs is 1. The molecule has 2 aliphatic rings. The fourth-order valence-corrected chi connectivity index (χ4v) is 3.35. The van der Waals surface area contributed by atoms with E-state index in [4.69, 9.17) is 0 Å². The second-order valence-corrected chi connectivity index (χ2v) is 6.86. The second-order valence-electron chi connectivity index (χ2n) is 6.86. The van der Waals surface area contributed by atoms with Crippen LogP contribution < -0.4 is 15.5 Å². The normalized spacial score (nSPS) is 16.2. The molecule has 2 heterocycles. The van der Waals surface area contributed by atoms with Crippen molar-refractivity contribution in [1.29, 1.82) is 0 Å². The summed E-state index contributed by atoms with van der Waals surface area (Å²) in [5.74, 6) is 0.971. The Morgan fingerprint density at radius 1 is 1.25 bits per heavy atom. The number of hydrogen-bond acceptors (Lipinski definition) is 3. The molecule has 1 unspecified atom stereocenters. The maximum absolute atomic E-state index is 12.8. The van der Waals surface area contributed by atoms with E-state index in [1.54, 1.807) is 18.3 Å². The van der Waals surface area contributed by atoms with Gasteiger partial charge in [-0.25, -0.2) is 9.78 Å². The van der Waals surface area contributed by atoms with Crippen molar-refractivity contribution in [2.45, 2.75) is 52.0 Å². The maximum atomic E-state index is 12.8. The van der Waals surface area contributed by atoms with Gasteiger partial charge < -0.3 is 10.6 Å². The highest BCUT2D eigenvalue weighted by molar-refractivity contribution is 6.08. The van der Waals surface area contributed by atoms with Gasteiger partial charge in [-0.1, -0.05) is 45.0 Å². The number of amides is 3. The molecule has 6 heteroatoms. The van der Waals surface area contributed by atoms with Crippen LogP contribution in [0.15, 0.2) is 42.6 Å². The lowest BCUT2D eigenvalue weighted by atomic mass is 10.0. The summed E-state index contributed by atoms with van der Waals surface area (Å²) in [5.41, 5.74) is 3.01. The van der Waals surface area contributed by atoms with Crippen LogP contribution in [0.5, 0.6) is 0 Å². The molecule has 4 rings (SSSR count). The third kappa shape index (κ3) is 4.32. The molecular weight excluding hydrogens is 352 g/mol. The van der Waals surface area contributed by atoms with E-state index in [1.165, 1.54) is 23.3 Å². The van der Waals surface area contributed by atoms with E-state index in [0.717, 1.165) is 12.0 Å².